The van der Waals surface area contributed by atoms with Crippen LogP contribution in [0.3, 0.4) is 0 Å². The number of urea groups is 2. The van der Waals surface area contributed by atoms with Gasteiger partial charge >= 0.3 is 22.3 Å². The molecule has 0 aliphatic carbocycles. The van der Waals surface area contributed by atoms with E-state index in [0.29, 0.717) is 56.7 Å². The van der Waals surface area contributed by atoms with Gasteiger partial charge in [-0.25, -0.2) is 18.4 Å². The largest absolute Gasteiger partial charge is 0.322 e. The van der Waals surface area contributed by atoms with Crippen LogP contribution < -0.4 is 10.6 Å². The van der Waals surface area contributed by atoms with Crippen LogP contribution in [0.5, 0.6) is 0 Å². The average Bonchev–Trinajstić information content (AvgIpc) is 3.26. The predicted octanol–water partition coefficient (Wildman–Crippen LogP) is 13.9. The molecule has 6 rings (SSSR count). The fourth-order valence-corrected chi connectivity index (χ4v) is 10.0. The topological polar surface area (TPSA) is 71.2 Å². The van der Waals surface area contributed by atoms with Crippen LogP contribution >= 0.6 is 21.8 Å². The molecule has 0 saturated carbocycles. The Kier molecular flexibility index (Phi) is 15.8. The number of nitrogens with zero attached hydrogens (tertiary/aromatic N) is 4. The Labute approximate surface area is 383 Å². The van der Waals surface area contributed by atoms with Gasteiger partial charge in [0, 0.05) is 74.8 Å². The van der Waals surface area contributed by atoms with Gasteiger partial charge in [-0.3, -0.25) is 4.90 Å². The molecule has 2 fully saturated rings. The maximum atomic E-state index is 14.5. The molecule has 2 aliphatic rings. The van der Waals surface area contributed by atoms with E-state index >= 15 is 0 Å². The first-order valence-corrected chi connectivity index (χ1v) is 24.8. The third-order valence-electron chi connectivity index (χ3n) is 12.7. The van der Waals surface area contributed by atoms with Gasteiger partial charge in [-0.2, -0.15) is 0 Å². The Morgan fingerprint density at radius 1 is 0.692 bits per heavy atom. The summed E-state index contributed by atoms with van der Waals surface area (Å²) < 4.78 is 97.2. The molecule has 65 heavy (non-hydrogen) atoms. The Bertz CT molecular complexity index is 2240. The van der Waals surface area contributed by atoms with Gasteiger partial charge in [0.1, 0.15) is 16.5 Å². The molecule has 356 valence electrons. The van der Waals surface area contributed by atoms with Crippen molar-refractivity contribution in [2.75, 3.05) is 36.8 Å². The highest BCUT2D eigenvalue weighted by Crippen LogP contribution is 3.02. The number of benzene rings is 4. The van der Waals surface area contributed by atoms with Gasteiger partial charge in [-0.1, -0.05) is 112 Å². The Morgan fingerprint density at radius 3 is 1.83 bits per heavy atom. The maximum absolute atomic E-state index is 14.5. The number of hydrogen-bond acceptors (Lipinski definition) is 4. The van der Waals surface area contributed by atoms with Crippen molar-refractivity contribution >= 4 is 45.3 Å². The van der Waals surface area contributed by atoms with Gasteiger partial charge in [0.25, 0.3) is 0 Å². The Hall–Kier alpha value is -4.51. The van der Waals surface area contributed by atoms with E-state index in [0.717, 1.165) is 68.3 Å². The van der Waals surface area contributed by atoms with Gasteiger partial charge in [0.2, 0.25) is 0 Å². The molecule has 4 aromatic carbocycles. The first-order chi connectivity index (χ1) is 30.7. The molecule has 0 radical (unpaired) electrons. The molecule has 0 aromatic heterocycles. The van der Waals surface area contributed by atoms with E-state index < -0.39 is 38.5 Å². The third-order valence-corrected chi connectivity index (χ3v) is 14.2. The number of nitrogens with one attached hydrogen (secondary N) is 2. The van der Waals surface area contributed by atoms with Crippen LogP contribution in [0.1, 0.15) is 88.8 Å². The van der Waals surface area contributed by atoms with Crippen LogP contribution in [-0.4, -0.2) is 82.0 Å². The number of amides is 4. The number of carbonyl (C=O) groups excluding carboxylic acids is 2. The van der Waals surface area contributed by atoms with Crippen LogP contribution in [0.4, 0.5) is 49.2 Å². The minimum absolute atomic E-state index is 0.0346. The fraction of sp³-hybridized carbons (Fsp3) is 0.458. The van der Waals surface area contributed by atoms with Crippen molar-refractivity contribution in [3.8, 4) is 0 Å². The summed E-state index contributed by atoms with van der Waals surface area (Å²) in [6, 6.07) is 20.6. The lowest BCUT2D eigenvalue weighted by atomic mass is 9.93. The molecule has 8 nitrogen and oxygen atoms in total. The van der Waals surface area contributed by atoms with Crippen molar-refractivity contribution in [1.82, 2.24) is 19.6 Å². The van der Waals surface area contributed by atoms with E-state index in [4.69, 9.17) is 11.6 Å². The van der Waals surface area contributed by atoms with E-state index in [1.54, 1.807) is 36.4 Å². The molecular weight excluding hydrogens is 893 g/mol. The van der Waals surface area contributed by atoms with Gasteiger partial charge in [-0.15, -0.1) is 0 Å². The summed E-state index contributed by atoms with van der Waals surface area (Å²) >= 11 is 5.94. The van der Waals surface area contributed by atoms with E-state index in [1.165, 1.54) is 17.0 Å². The number of piperidine rings is 2. The molecule has 2 unspecified atom stereocenters. The summed E-state index contributed by atoms with van der Waals surface area (Å²) in [6.07, 6.45) is 7.23. The normalized spacial score (nSPS) is 17.7. The zero-order valence-electron chi connectivity index (χ0n) is 37.1. The lowest BCUT2D eigenvalue weighted by Crippen LogP contribution is -2.51. The maximum Gasteiger partial charge on any atom is 0.322 e. The monoisotopic (exact) mass is 952 g/mol. The van der Waals surface area contributed by atoms with Crippen molar-refractivity contribution in [3.63, 3.8) is 0 Å². The van der Waals surface area contributed by atoms with Crippen molar-refractivity contribution in [2.24, 2.45) is 0 Å². The molecule has 4 amide bonds. The lowest BCUT2D eigenvalue weighted by molar-refractivity contribution is 0.0924. The van der Waals surface area contributed by atoms with Crippen molar-refractivity contribution in [2.45, 2.75) is 121 Å². The highest BCUT2D eigenvalue weighted by Gasteiger charge is 2.65. The lowest BCUT2D eigenvalue weighted by Gasteiger charge is -2.42. The van der Waals surface area contributed by atoms with Crippen molar-refractivity contribution < 1.29 is 37.8 Å². The summed E-state index contributed by atoms with van der Waals surface area (Å²) in [5, 5.41) is 5.17. The van der Waals surface area contributed by atoms with E-state index in [-0.39, 0.29) is 47.9 Å². The number of rotatable bonds is 17. The molecule has 17 heteroatoms. The minimum atomic E-state index is -10.2. The molecular formula is C48H60ClF7N6O2S. The first kappa shape index (κ1) is 49.9. The minimum Gasteiger partial charge on any atom is -0.317 e. The number of carbonyl (C=O) groups is 2. The summed E-state index contributed by atoms with van der Waals surface area (Å²) in [5.41, 5.74) is 2.42. The molecule has 2 N–H and O–H groups in total. The zero-order chi connectivity index (χ0) is 47.0. The van der Waals surface area contributed by atoms with E-state index in [9.17, 15) is 37.8 Å². The summed E-state index contributed by atoms with van der Waals surface area (Å²) in [6.45, 7) is 9.86. The standard InChI is InChI=1S/C48H60ClF7N6O2S/c1-4-11-34(3)59-23-19-42(20-24-59)62(47(63)57-39-17-18-45(49)46(51)31-39)33-37-16-10-9-15-36(37)27-43(12-5-2)60-25-21-41(22-26-60)61(32-35-13-7-6-8-14-35)48(64)58-40-28-38(50)29-44(30-40)65(52,53,54,55)56/h6-10,13-18,28-31,34,41-43H,4-5,11-12,19-27,32-33H2,1-3H3,(H,57,63)(H,58,64). The third kappa shape index (κ3) is 13.8. The molecule has 2 aliphatic heterocycles. The fourth-order valence-electron chi connectivity index (χ4n) is 9.23. The van der Waals surface area contributed by atoms with Crippen LogP contribution in [0.15, 0.2) is 95.9 Å². The van der Waals surface area contributed by atoms with Crippen molar-refractivity contribution in [1.29, 1.82) is 0 Å². The van der Waals surface area contributed by atoms with Crippen LogP contribution in [0.25, 0.3) is 0 Å². The highest BCUT2D eigenvalue weighted by atomic mass is 35.5. The van der Waals surface area contributed by atoms with Crippen LogP contribution in [0, 0.1) is 11.6 Å². The van der Waals surface area contributed by atoms with E-state index in [1.807, 2.05) is 23.1 Å². The quantitative estimate of drug-likeness (QED) is 0.103. The van der Waals surface area contributed by atoms with Gasteiger partial charge < -0.3 is 25.3 Å². The number of hydrogen-bond donors (Lipinski definition) is 2. The second-order valence-electron chi connectivity index (χ2n) is 17.5. The summed E-state index contributed by atoms with van der Waals surface area (Å²) in [4.78, 5) is 33.8. The molecule has 2 atom stereocenters. The van der Waals surface area contributed by atoms with Crippen LogP contribution in [-0.2, 0) is 19.5 Å². The summed E-state index contributed by atoms with van der Waals surface area (Å²) in [7, 11) is -10.2. The zero-order valence-corrected chi connectivity index (χ0v) is 38.7. The molecule has 0 bridgehead atoms. The molecule has 2 saturated heterocycles. The average molecular weight is 954 g/mol. The van der Waals surface area contributed by atoms with Crippen LogP contribution in [0.2, 0.25) is 5.02 Å². The highest BCUT2D eigenvalue weighted by molar-refractivity contribution is 8.45. The molecule has 0 spiro atoms. The predicted molar refractivity (Wildman–Crippen MR) is 247 cm³/mol. The second kappa shape index (κ2) is 20.6. The second-order valence-corrected chi connectivity index (χ2v) is 20.3. The van der Waals surface area contributed by atoms with E-state index in [2.05, 4.69) is 47.3 Å². The van der Waals surface area contributed by atoms with Gasteiger partial charge in [-0.05, 0) is 105 Å². The molecule has 2 heterocycles. The van der Waals surface area contributed by atoms with Crippen molar-refractivity contribution in [3.05, 3.63) is 124 Å². The Balaban J connectivity index is 1.18. The Morgan fingerprint density at radius 2 is 1.25 bits per heavy atom. The molecule has 4 aromatic rings. The number of likely N-dealkylation sites (tertiary alicyclic amines) is 2. The number of halogens is 8. The summed E-state index contributed by atoms with van der Waals surface area (Å²) in [5.74, 6) is -2.18. The SMILES string of the molecule is CCCC(C)N1CCC(N(Cc2ccccc2CC(CCC)N2CCC(N(Cc3ccccc3)C(=O)Nc3cc(F)cc(S(F)(F)(F)(F)F)c3)CC2)C(=O)Nc2ccc(Cl)c(F)c2)CC1. The van der Waals surface area contributed by atoms with Gasteiger partial charge in [0.05, 0.1) is 5.02 Å². The smallest absolute Gasteiger partial charge is 0.317 e. The number of anilines is 2. The van der Waals surface area contributed by atoms with Gasteiger partial charge in [0.15, 0.2) is 0 Å². The first-order valence-electron chi connectivity index (χ1n) is 22.4.